The standard InChI is InChI=1S/C15H8N2O3/c16-8-10(9-17)7-13-5-6-14(20-13)11-1-3-12(4-2-11)15(18)19/h1-7H,(H,18,19). The van der Waals surface area contributed by atoms with Crippen molar-refractivity contribution in [1.29, 1.82) is 10.5 Å². The second kappa shape index (κ2) is 5.55. The lowest BCUT2D eigenvalue weighted by molar-refractivity contribution is 0.0697. The van der Waals surface area contributed by atoms with E-state index in [0.717, 1.165) is 0 Å². The Labute approximate surface area is 114 Å². The minimum Gasteiger partial charge on any atom is -0.478 e. The van der Waals surface area contributed by atoms with Crippen molar-refractivity contribution in [3.63, 3.8) is 0 Å². The number of nitriles is 2. The number of furan rings is 1. The Hall–Kier alpha value is -3.31. The fraction of sp³-hybridized carbons (Fsp3) is 0. The zero-order valence-electron chi connectivity index (χ0n) is 10.2. The minimum atomic E-state index is -0.993. The van der Waals surface area contributed by atoms with Gasteiger partial charge in [0.25, 0.3) is 0 Å². The highest BCUT2D eigenvalue weighted by atomic mass is 16.4. The van der Waals surface area contributed by atoms with E-state index in [1.54, 1.807) is 36.4 Å². The Kier molecular flexibility index (Phi) is 3.65. The Bertz CT molecular complexity index is 740. The number of carboxylic acids is 1. The molecule has 0 unspecified atom stereocenters. The van der Waals surface area contributed by atoms with Crippen molar-refractivity contribution in [3.05, 3.63) is 53.3 Å². The third kappa shape index (κ3) is 2.74. The highest BCUT2D eigenvalue weighted by Crippen LogP contribution is 2.23. The molecule has 5 nitrogen and oxygen atoms in total. The van der Waals surface area contributed by atoms with Crippen LogP contribution in [0.3, 0.4) is 0 Å². The molecule has 1 heterocycles. The van der Waals surface area contributed by atoms with E-state index in [1.165, 1.54) is 18.2 Å². The van der Waals surface area contributed by atoms with Gasteiger partial charge in [-0.3, -0.25) is 0 Å². The van der Waals surface area contributed by atoms with Crippen molar-refractivity contribution in [2.75, 3.05) is 0 Å². The van der Waals surface area contributed by atoms with Crippen molar-refractivity contribution in [2.45, 2.75) is 0 Å². The van der Waals surface area contributed by atoms with Crippen molar-refractivity contribution in [1.82, 2.24) is 0 Å². The first-order valence-electron chi connectivity index (χ1n) is 5.59. The van der Waals surface area contributed by atoms with Gasteiger partial charge in [0.15, 0.2) is 0 Å². The molecule has 0 amide bonds. The summed E-state index contributed by atoms with van der Waals surface area (Å²) in [6.07, 6.45) is 1.34. The molecule has 0 aliphatic carbocycles. The molecule has 0 aliphatic heterocycles. The maximum Gasteiger partial charge on any atom is 0.335 e. The van der Waals surface area contributed by atoms with Crippen LogP contribution in [0.5, 0.6) is 0 Å². The van der Waals surface area contributed by atoms with Crippen LogP contribution in [0.1, 0.15) is 16.1 Å². The van der Waals surface area contributed by atoms with Crippen molar-refractivity contribution >= 4 is 12.0 Å². The summed E-state index contributed by atoms with van der Waals surface area (Å²) >= 11 is 0. The second-order valence-corrected chi connectivity index (χ2v) is 3.87. The molecule has 0 atom stereocenters. The summed E-state index contributed by atoms with van der Waals surface area (Å²) in [5.74, 6) is -0.0730. The number of aromatic carboxylic acids is 1. The fourth-order valence-corrected chi connectivity index (χ4v) is 1.59. The van der Waals surface area contributed by atoms with Crippen LogP contribution >= 0.6 is 0 Å². The maximum absolute atomic E-state index is 10.7. The molecule has 5 heteroatoms. The molecule has 0 saturated carbocycles. The van der Waals surface area contributed by atoms with Crippen LogP contribution in [0, 0.1) is 22.7 Å². The summed E-state index contributed by atoms with van der Waals surface area (Å²) in [5, 5.41) is 26.1. The molecule has 20 heavy (non-hydrogen) atoms. The first-order valence-corrected chi connectivity index (χ1v) is 5.59. The van der Waals surface area contributed by atoms with Gasteiger partial charge in [0.05, 0.1) is 5.56 Å². The molecule has 0 bridgehead atoms. The van der Waals surface area contributed by atoms with Gasteiger partial charge in [0.1, 0.15) is 29.2 Å². The Morgan fingerprint density at radius 3 is 2.30 bits per heavy atom. The Morgan fingerprint density at radius 2 is 1.75 bits per heavy atom. The zero-order valence-corrected chi connectivity index (χ0v) is 10.2. The zero-order chi connectivity index (χ0) is 14.5. The molecule has 1 aromatic carbocycles. The first kappa shape index (κ1) is 13.1. The molecule has 0 spiro atoms. The van der Waals surface area contributed by atoms with E-state index in [2.05, 4.69) is 0 Å². The van der Waals surface area contributed by atoms with E-state index >= 15 is 0 Å². The minimum absolute atomic E-state index is 0.0490. The highest BCUT2D eigenvalue weighted by Gasteiger charge is 2.06. The van der Waals surface area contributed by atoms with Gasteiger partial charge in [-0.15, -0.1) is 0 Å². The molecule has 0 aliphatic rings. The molecule has 1 aromatic heterocycles. The Morgan fingerprint density at radius 1 is 1.10 bits per heavy atom. The topological polar surface area (TPSA) is 98.0 Å². The Balaban J connectivity index is 2.30. The summed E-state index contributed by atoms with van der Waals surface area (Å²) < 4.78 is 5.48. The van der Waals surface area contributed by atoms with E-state index < -0.39 is 5.97 Å². The van der Waals surface area contributed by atoms with Crippen LogP contribution in [-0.2, 0) is 0 Å². The molecule has 2 rings (SSSR count). The summed E-state index contributed by atoms with van der Waals surface area (Å²) in [7, 11) is 0. The number of rotatable bonds is 3. The van der Waals surface area contributed by atoms with Crippen LogP contribution in [0.15, 0.2) is 46.4 Å². The van der Waals surface area contributed by atoms with Gasteiger partial charge in [0.2, 0.25) is 0 Å². The number of benzene rings is 1. The summed E-state index contributed by atoms with van der Waals surface area (Å²) in [6.45, 7) is 0. The SMILES string of the molecule is N#CC(C#N)=Cc1ccc(-c2ccc(C(=O)O)cc2)o1. The van der Waals surface area contributed by atoms with E-state index in [-0.39, 0.29) is 11.1 Å². The van der Waals surface area contributed by atoms with Crippen LogP contribution < -0.4 is 0 Å². The van der Waals surface area contributed by atoms with E-state index in [1.807, 2.05) is 0 Å². The average molecular weight is 264 g/mol. The molecule has 0 saturated heterocycles. The van der Waals surface area contributed by atoms with Gasteiger partial charge < -0.3 is 9.52 Å². The van der Waals surface area contributed by atoms with Gasteiger partial charge in [-0.25, -0.2) is 4.79 Å². The molecule has 0 fully saturated rings. The van der Waals surface area contributed by atoms with Gasteiger partial charge in [-0.2, -0.15) is 10.5 Å². The summed E-state index contributed by atoms with van der Waals surface area (Å²) in [4.78, 5) is 10.7. The maximum atomic E-state index is 10.7. The lowest BCUT2D eigenvalue weighted by Gasteiger charge is -1.98. The van der Waals surface area contributed by atoms with Crippen LogP contribution in [0.2, 0.25) is 0 Å². The van der Waals surface area contributed by atoms with Crippen molar-refractivity contribution in [3.8, 4) is 23.5 Å². The lowest BCUT2D eigenvalue weighted by atomic mass is 10.1. The van der Waals surface area contributed by atoms with E-state index in [9.17, 15) is 4.79 Å². The number of allylic oxidation sites excluding steroid dienone is 1. The first-order chi connectivity index (χ1) is 9.63. The quantitative estimate of drug-likeness (QED) is 0.859. The van der Waals surface area contributed by atoms with Gasteiger partial charge >= 0.3 is 5.97 Å². The number of carbonyl (C=O) groups is 1. The van der Waals surface area contributed by atoms with Crippen LogP contribution in [-0.4, -0.2) is 11.1 Å². The third-order valence-electron chi connectivity index (χ3n) is 2.57. The average Bonchev–Trinajstić information content (AvgIpc) is 2.93. The number of hydrogen-bond donors (Lipinski definition) is 1. The number of nitrogens with zero attached hydrogens (tertiary/aromatic N) is 2. The van der Waals surface area contributed by atoms with Gasteiger partial charge in [-0.1, -0.05) is 12.1 Å². The highest BCUT2D eigenvalue weighted by molar-refractivity contribution is 5.88. The van der Waals surface area contributed by atoms with E-state index in [4.69, 9.17) is 20.0 Å². The molecule has 2 aromatic rings. The van der Waals surface area contributed by atoms with E-state index in [0.29, 0.717) is 17.1 Å². The van der Waals surface area contributed by atoms with Crippen molar-refractivity contribution < 1.29 is 14.3 Å². The second-order valence-electron chi connectivity index (χ2n) is 3.87. The molecule has 1 N–H and O–H groups in total. The number of hydrogen-bond acceptors (Lipinski definition) is 4. The predicted molar refractivity (Wildman–Crippen MR) is 70.3 cm³/mol. The van der Waals surface area contributed by atoms with Crippen molar-refractivity contribution in [2.24, 2.45) is 0 Å². The van der Waals surface area contributed by atoms with Gasteiger partial charge in [0, 0.05) is 11.6 Å². The monoisotopic (exact) mass is 264 g/mol. The summed E-state index contributed by atoms with van der Waals surface area (Å²) in [5.41, 5.74) is 0.855. The molecule has 96 valence electrons. The van der Waals surface area contributed by atoms with Crippen LogP contribution in [0.4, 0.5) is 0 Å². The third-order valence-corrected chi connectivity index (χ3v) is 2.57. The smallest absolute Gasteiger partial charge is 0.335 e. The largest absolute Gasteiger partial charge is 0.478 e. The van der Waals surface area contributed by atoms with Gasteiger partial charge in [-0.05, 0) is 24.3 Å². The molecule has 0 radical (unpaired) electrons. The van der Waals surface area contributed by atoms with Crippen LogP contribution in [0.25, 0.3) is 17.4 Å². The lowest BCUT2D eigenvalue weighted by Crippen LogP contribution is -1.94. The molecular weight excluding hydrogens is 256 g/mol. The normalized spacial score (nSPS) is 9.30. The number of carboxylic acid groups (broad SMARTS) is 1. The summed E-state index contributed by atoms with van der Waals surface area (Å²) in [6, 6.07) is 13.0. The fourth-order valence-electron chi connectivity index (χ4n) is 1.59. The predicted octanol–water partition coefficient (Wildman–Crippen LogP) is 3.08. The molecular formula is C15H8N2O3.